The molecule has 6 aliphatic heterocycles. The van der Waals surface area contributed by atoms with Gasteiger partial charge in [-0.25, -0.2) is 9.36 Å². The van der Waals surface area contributed by atoms with Crippen LogP contribution in [0.2, 0.25) is 0 Å². The van der Waals surface area contributed by atoms with Crippen molar-refractivity contribution in [1.82, 2.24) is 40.6 Å². The molecule has 0 aromatic carbocycles. The van der Waals surface area contributed by atoms with Crippen molar-refractivity contribution >= 4 is 0 Å². The molecule has 2 aromatic rings. The van der Waals surface area contributed by atoms with Crippen molar-refractivity contribution in [3.63, 3.8) is 0 Å². The summed E-state index contributed by atoms with van der Waals surface area (Å²) in [6, 6.07) is -3.28. The van der Waals surface area contributed by atoms with Gasteiger partial charge in [-0.15, -0.1) is 10.2 Å². The maximum Gasteiger partial charge on any atom is 0.187 e. The van der Waals surface area contributed by atoms with E-state index in [4.69, 9.17) is 61.6 Å². The lowest BCUT2D eigenvalue weighted by Gasteiger charge is -2.48. The largest absolute Gasteiger partial charge is 0.394 e. The Balaban J connectivity index is 0.622. The van der Waals surface area contributed by atoms with Crippen molar-refractivity contribution in [3.8, 4) is 0 Å². The quantitative estimate of drug-likeness (QED) is 0.0266. The Morgan fingerprint density at radius 2 is 0.765 bits per heavy atom. The number of aliphatic hydroxyl groups excluding tert-OH is 22. The molecule has 6 saturated heterocycles. The van der Waals surface area contributed by atoms with Gasteiger partial charge in [0.1, 0.15) is 165 Å². The van der Waals surface area contributed by atoms with Crippen molar-refractivity contribution in [2.45, 2.75) is 274 Å². The summed E-state index contributed by atoms with van der Waals surface area (Å²) in [6.45, 7) is -1.93. The first-order valence-electron chi connectivity index (χ1n) is 33.3. The molecule has 0 amide bonds. The molecule has 0 bridgehead atoms. The minimum atomic E-state index is -1.97. The molecule has 8 aliphatic rings. The van der Waals surface area contributed by atoms with E-state index in [1.165, 1.54) is 33.9 Å². The number of aromatic nitrogens is 6. The zero-order valence-electron chi connectivity index (χ0n) is 55.1. The van der Waals surface area contributed by atoms with Crippen molar-refractivity contribution in [2.24, 2.45) is 0 Å². The minimum absolute atomic E-state index is 0.0510. The molecular formula is C59H96N8O35. The molecule has 43 heteroatoms. The van der Waals surface area contributed by atoms with Crippen molar-refractivity contribution in [3.05, 3.63) is 47.1 Å². The molecule has 10 rings (SSSR count). The number of hydrogen-bond acceptors (Lipinski definition) is 41. The van der Waals surface area contributed by atoms with E-state index in [0.29, 0.717) is 0 Å². The number of nitrogens with one attached hydrogen (secondary N) is 2. The first-order valence-corrected chi connectivity index (χ1v) is 33.3. The maximum atomic E-state index is 11.3. The molecule has 24 N–H and O–H groups in total. The van der Waals surface area contributed by atoms with Gasteiger partial charge in [-0.3, -0.25) is 0 Å². The van der Waals surface area contributed by atoms with Gasteiger partial charge >= 0.3 is 0 Å². The van der Waals surface area contributed by atoms with Gasteiger partial charge in [-0.05, 0) is 37.8 Å². The van der Waals surface area contributed by atoms with E-state index >= 15 is 0 Å². The summed E-state index contributed by atoms with van der Waals surface area (Å²) in [6.07, 6.45) is -45.2. The molecule has 2 aromatic heterocycles. The van der Waals surface area contributed by atoms with Crippen LogP contribution in [0.5, 0.6) is 0 Å². The zero-order chi connectivity index (χ0) is 73.7. The van der Waals surface area contributed by atoms with E-state index in [1.807, 2.05) is 0 Å². The molecule has 582 valence electrons. The van der Waals surface area contributed by atoms with Gasteiger partial charge in [0.05, 0.1) is 103 Å². The lowest BCUT2D eigenvalue weighted by molar-refractivity contribution is -0.374. The molecule has 8 heterocycles. The van der Waals surface area contributed by atoms with E-state index in [1.54, 1.807) is 13.8 Å². The number of nitrogens with zero attached hydrogens (tertiary/aromatic N) is 6. The Hall–Kier alpha value is -3.72. The van der Waals surface area contributed by atoms with Crippen LogP contribution in [0, 0.1) is 0 Å². The van der Waals surface area contributed by atoms with Gasteiger partial charge in [0.25, 0.3) is 0 Å². The summed E-state index contributed by atoms with van der Waals surface area (Å²) in [5.74, 6) is 0. The summed E-state index contributed by atoms with van der Waals surface area (Å²) in [5, 5.41) is 257. The molecule has 0 saturated carbocycles. The molecule has 43 nitrogen and oxygen atoms in total. The van der Waals surface area contributed by atoms with Crippen LogP contribution in [0.1, 0.15) is 38.1 Å². The van der Waals surface area contributed by atoms with Gasteiger partial charge in [0.15, 0.2) is 37.7 Å². The monoisotopic (exact) mass is 1480 g/mol. The van der Waals surface area contributed by atoms with Gasteiger partial charge in [-0.1, -0.05) is 22.6 Å². The fourth-order valence-electron chi connectivity index (χ4n) is 13.4. The molecule has 102 heavy (non-hydrogen) atoms. The topological polar surface area (TPSA) is 651 Å². The van der Waals surface area contributed by atoms with Crippen LogP contribution in [0.3, 0.4) is 0 Å². The van der Waals surface area contributed by atoms with Crippen LogP contribution in [0.25, 0.3) is 0 Å². The Labute approximate surface area is 580 Å². The smallest absolute Gasteiger partial charge is 0.187 e. The first-order chi connectivity index (χ1) is 48.7. The standard InChI is InChI=1S/C59H96N8O35/c1-20-26(60-28-5-22(11-68)36(76)40(80)38(28)78)7-30(74)54(93-20)99-50-34(15-72)97-58(48(88)44(50)84)101-52-32(13-70)95-56(46(86)42(52)82)91-17-24-9-66(64-62-24)3-4-90-19-67-10-25(63-65-67)18-92-57-47(87)43(83)53(33(14-71)96-57)102-59-49(89)45(85)51(35(16-73)98-59)100-55-31(75)8-27(21(2)94-55)61-29-6-23(12-69)37(77)41(81)39(29)79/h5-6,9-10,20-21,26-61,68-89H,3-4,7-8,11-19H2,1-2H3/t20?,21?,26-,27+,28-,29+,30?,31+,32?,33?,34?,35?,36+,37-,38+,39+,40-,41+,42+,43?,44+,45?,46?,47+,48?,49+,50+,51-,52+,53-,54+,55-,56+,57-,58+,59-/m0/s1. The number of rotatable bonds is 29. The summed E-state index contributed by atoms with van der Waals surface area (Å²) < 4.78 is 78.0. The third-order valence-corrected chi connectivity index (χ3v) is 19.4. The van der Waals surface area contributed by atoms with Gasteiger partial charge < -0.3 is 185 Å². The van der Waals surface area contributed by atoms with Crippen molar-refractivity contribution in [2.75, 3.05) is 46.2 Å². The van der Waals surface area contributed by atoms with E-state index in [-0.39, 0.29) is 68.5 Å². The van der Waals surface area contributed by atoms with Crippen LogP contribution >= 0.6 is 0 Å². The van der Waals surface area contributed by atoms with Crippen LogP contribution in [0.4, 0.5) is 0 Å². The minimum Gasteiger partial charge on any atom is -0.394 e. The third-order valence-electron chi connectivity index (χ3n) is 19.4. The molecule has 6 fully saturated rings. The van der Waals surface area contributed by atoms with Gasteiger partial charge in [0.2, 0.25) is 0 Å². The van der Waals surface area contributed by atoms with E-state index < -0.39 is 260 Å². The highest BCUT2D eigenvalue weighted by molar-refractivity contribution is 5.23. The summed E-state index contributed by atoms with van der Waals surface area (Å²) in [7, 11) is 0. The Morgan fingerprint density at radius 1 is 0.422 bits per heavy atom. The average molecular weight is 1480 g/mol. The number of hydrogen-bond donors (Lipinski definition) is 24. The fraction of sp³-hybridized carbons (Fsp3) is 0.864. The Kier molecular flexibility index (Phi) is 28.5. The van der Waals surface area contributed by atoms with Crippen LogP contribution < -0.4 is 10.6 Å². The predicted molar refractivity (Wildman–Crippen MR) is 324 cm³/mol. The SMILES string of the molecule is CC1O[C@H](O[C@@H]2C(CO)O[C@H](O[C@@H]3C(CO)O[C@@H](OCc4cn(CCOCn5cc(CO[C@H]6OC(CO)[C@H](O[C@@H]7OC(CO)[C@H](O[C@@H]8OC(C)[C@H](N[C@@H]9C=C(CO)[C@H](O)[C@@H](O)[C@@H]9O)C[C@H]8O)C(O)[C@H]7O)C(O)[C@H]6O)nn5)nn4)C(O)[C@H]3O)C(O)[C@H]2O)C(O)C[C@@H]1N[C@H]1C=C(CO)[C@@H](O)[C@H](O)[C@@H]1O. The summed E-state index contributed by atoms with van der Waals surface area (Å²) in [4.78, 5) is 0. The summed E-state index contributed by atoms with van der Waals surface area (Å²) >= 11 is 0. The lowest BCUT2D eigenvalue weighted by atomic mass is 9.87. The normalized spacial score (nSPS) is 45.3. The second kappa shape index (κ2) is 36.0. The second-order valence-corrected chi connectivity index (χ2v) is 26.4. The molecule has 2 aliphatic carbocycles. The number of ether oxygens (including phenoxy) is 13. The molecular weight excluding hydrogens is 1380 g/mol. The summed E-state index contributed by atoms with van der Waals surface area (Å²) in [5.41, 5.74) is 0.574. The van der Waals surface area contributed by atoms with Crippen molar-refractivity contribution < 1.29 is 174 Å². The zero-order valence-corrected chi connectivity index (χ0v) is 55.1. The van der Waals surface area contributed by atoms with Crippen LogP contribution in [-0.2, 0) is 88.1 Å². The molecule has 0 radical (unpaired) electrons. The van der Waals surface area contributed by atoms with Crippen LogP contribution in [-0.4, -0.2) is 409 Å². The highest BCUT2D eigenvalue weighted by atomic mass is 16.8. The van der Waals surface area contributed by atoms with E-state index in [2.05, 4.69) is 31.3 Å². The van der Waals surface area contributed by atoms with Crippen molar-refractivity contribution in [1.29, 1.82) is 0 Å². The highest BCUT2D eigenvalue weighted by Gasteiger charge is 2.56. The highest BCUT2D eigenvalue weighted by Crippen LogP contribution is 2.37. The number of aliphatic hydroxyl groups is 22. The van der Waals surface area contributed by atoms with Crippen LogP contribution in [0.15, 0.2) is 35.7 Å². The average Bonchev–Trinajstić information content (AvgIpc) is 0.801. The van der Waals surface area contributed by atoms with E-state index in [9.17, 15) is 112 Å². The molecule has 36 atom stereocenters. The first kappa shape index (κ1) is 80.8. The fourth-order valence-corrected chi connectivity index (χ4v) is 13.4. The molecule has 11 unspecified atom stereocenters. The van der Waals surface area contributed by atoms with Gasteiger partial charge in [0, 0.05) is 12.1 Å². The molecule has 0 spiro atoms. The maximum absolute atomic E-state index is 11.3. The predicted octanol–water partition coefficient (Wildman–Crippen LogP) is -14.5. The van der Waals surface area contributed by atoms with E-state index in [0.717, 1.165) is 0 Å². The Morgan fingerprint density at radius 3 is 1.14 bits per heavy atom. The Bertz CT molecular complexity index is 2770. The lowest BCUT2D eigenvalue weighted by Crippen LogP contribution is -2.66. The third kappa shape index (κ3) is 18.2. The second-order valence-electron chi connectivity index (χ2n) is 26.4. The van der Waals surface area contributed by atoms with Gasteiger partial charge in [-0.2, -0.15) is 0 Å².